The monoisotopic (exact) mass is 355 g/mol. The molecular formula is C15H18ClN3O3S. The lowest BCUT2D eigenvalue weighted by Crippen LogP contribution is -2.20. The molecule has 2 aromatic rings. The number of hydrogen-bond acceptors (Lipinski definition) is 4. The number of hydrogen-bond donors (Lipinski definition) is 1. The Morgan fingerprint density at radius 3 is 2.65 bits per heavy atom. The van der Waals surface area contributed by atoms with E-state index in [1.807, 2.05) is 0 Å². The summed E-state index contributed by atoms with van der Waals surface area (Å²) in [5.74, 6) is 0.518. The Hall–Kier alpha value is -1.57. The van der Waals surface area contributed by atoms with E-state index in [2.05, 4.69) is 9.82 Å². The van der Waals surface area contributed by atoms with Crippen molar-refractivity contribution >= 4 is 27.3 Å². The second kappa shape index (κ2) is 6.90. The average Bonchev–Trinajstić information content (AvgIpc) is 2.95. The summed E-state index contributed by atoms with van der Waals surface area (Å²) in [6.07, 6.45) is 5.24. The van der Waals surface area contributed by atoms with Gasteiger partial charge in [0.2, 0.25) is 0 Å². The number of benzene rings is 1. The van der Waals surface area contributed by atoms with Crippen molar-refractivity contribution in [2.24, 2.45) is 5.92 Å². The van der Waals surface area contributed by atoms with E-state index in [0.717, 1.165) is 32.6 Å². The fourth-order valence-corrected chi connectivity index (χ4v) is 3.69. The van der Waals surface area contributed by atoms with Gasteiger partial charge in [0.25, 0.3) is 10.0 Å². The van der Waals surface area contributed by atoms with Gasteiger partial charge in [-0.1, -0.05) is 11.6 Å². The zero-order valence-corrected chi connectivity index (χ0v) is 14.1. The van der Waals surface area contributed by atoms with E-state index >= 15 is 0 Å². The third-order valence-corrected chi connectivity index (χ3v) is 5.44. The van der Waals surface area contributed by atoms with E-state index in [4.69, 9.17) is 16.3 Å². The molecule has 6 nitrogen and oxygen atoms in total. The van der Waals surface area contributed by atoms with Gasteiger partial charge in [0.1, 0.15) is 0 Å². The Morgan fingerprint density at radius 2 is 1.96 bits per heavy atom. The molecule has 0 amide bonds. The van der Waals surface area contributed by atoms with Gasteiger partial charge in [-0.3, -0.25) is 9.40 Å². The maximum absolute atomic E-state index is 12.3. The van der Waals surface area contributed by atoms with Gasteiger partial charge in [-0.05, 0) is 43.0 Å². The fourth-order valence-electron chi connectivity index (χ4n) is 2.54. The zero-order valence-electron chi connectivity index (χ0n) is 12.5. The molecular weight excluding hydrogens is 338 g/mol. The van der Waals surface area contributed by atoms with E-state index in [9.17, 15) is 8.42 Å². The molecule has 3 rings (SSSR count). The molecule has 1 saturated heterocycles. The predicted molar refractivity (Wildman–Crippen MR) is 88.0 cm³/mol. The smallest absolute Gasteiger partial charge is 0.261 e. The molecule has 1 N–H and O–H groups in total. The van der Waals surface area contributed by atoms with E-state index < -0.39 is 10.0 Å². The van der Waals surface area contributed by atoms with Gasteiger partial charge in [-0.15, -0.1) is 0 Å². The molecule has 124 valence electrons. The second-order valence-electron chi connectivity index (χ2n) is 5.57. The van der Waals surface area contributed by atoms with Crippen molar-refractivity contribution in [3.8, 4) is 0 Å². The maximum atomic E-state index is 12.3. The Kier molecular flexibility index (Phi) is 4.89. The largest absolute Gasteiger partial charge is 0.381 e. The molecule has 1 aliphatic heterocycles. The van der Waals surface area contributed by atoms with Gasteiger partial charge in [0.05, 0.1) is 16.8 Å². The highest BCUT2D eigenvalue weighted by molar-refractivity contribution is 7.92. The van der Waals surface area contributed by atoms with Crippen LogP contribution in [0.2, 0.25) is 5.02 Å². The number of halogens is 1. The maximum Gasteiger partial charge on any atom is 0.261 e. The number of rotatable bonds is 5. The number of aromatic nitrogens is 2. The molecule has 8 heteroatoms. The molecule has 2 heterocycles. The Labute approximate surface area is 140 Å². The highest BCUT2D eigenvalue weighted by Gasteiger charge is 2.17. The number of nitrogens with one attached hydrogen (secondary N) is 1. The molecule has 1 aromatic heterocycles. The number of nitrogens with zero attached hydrogens (tertiary/aromatic N) is 2. The van der Waals surface area contributed by atoms with E-state index in [1.54, 1.807) is 23.0 Å². The topological polar surface area (TPSA) is 73.2 Å². The molecule has 0 saturated carbocycles. The van der Waals surface area contributed by atoms with Gasteiger partial charge in [0.15, 0.2) is 0 Å². The lowest BCUT2D eigenvalue weighted by atomic mass is 10.0. The van der Waals surface area contributed by atoms with Crippen molar-refractivity contribution in [2.75, 3.05) is 17.9 Å². The van der Waals surface area contributed by atoms with Crippen LogP contribution in [-0.2, 0) is 21.3 Å². The van der Waals surface area contributed by atoms with Crippen LogP contribution in [0.25, 0.3) is 0 Å². The summed E-state index contributed by atoms with van der Waals surface area (Å²) in [4.78, 5) is 0.166. The Balaban J connectivity index is 1.67. The van der Waals surface area contributed by atoms with Gasteiger partial charge < -0.3 is 4.74 Å². The molecule has 0 unspecified atom stereocenters. The molecule has 1 fully saturated rings. The number of ether oxygens (including phenoxy) is 1. The SMILES string of the molecule is O=S(=O)(Nc1cnn(CC2CCOCC2)c1)c1ccc(Cl)cc1. The van der Waals surface area contributed by atoms with Gasteiger partial charge in [-0.2, -0.15) is 5.10 Å². The van der Waals surface area contributed by atoms with E-state index in [-0.39, 0.29) is 4.90 Å². The minimum absolute atomic E-state index is 0.166. The fraction of sp³-hybridized carbons (Fsp3) is 0.400. The summed E-state index contributed by atoms with van der Waals surface area (Å²) in [5, 5.41) is 4.72. The van der Waals surface area contributed by atoms with Crippen LogP contribution in [0.4, 0.5) is 5.69 Å². The van der Waals surface area contributed by atoms with Crippen LogP contribution in [0.1, 0.15) is 12.8 Å². The first kappa shape index (κ1) is 16.3. The van der Waals surface area contributed by atoms with E-state index in [0.29, 0.717) is 16.6 Å². The molecule has 1 aromatic carbocycles. The van der Waals surface area contributed by atoms with Crippen LogP contribution in [0, 0.1) is 5.92 Å². The lowest BCUT2D eigenvalue weighted by molar-refractivity contribution is 0.0601. The molecule has 0 aliphatic carbocycles. The van der Waals surface area contributed by atoms with Crippen molar-refractivity contribution < 1.29 is 13.2 Å². The third kappa shape index (κ3) is 4.25. The van der Waals surface area contributed by atoms with Crippen molar-refractivity contribution in [3.05, 3.63) is 41.7 Å². The summed E-state index contributed by atoms with van der Waals surface area (Å²) >= 11 is 5.78. The molecule has 23 heavy (non-hydrogen) atoms. The van der Waals surface area contributed by atoms with Crippen LogP contribution in [0.3, 0.4) is 0 Å². The highest BCUT2D eigenvalue weighted by atomic mass is 35.5. The highest BCUT2D eigenvalue weighted by Crippen LogP contribution is 2.20. The lowest BCUT2D eigenvalue weighted by Gasteiger charge is -2.21. The first-order valence-corrected chi connectivity index (χ1v) is 9.28. The van der Waals surface area contributed by atoms with Crippen LogP contribution in [0.15, 0.2) is 41.6 Å². The summed E-state index contributed by atoms with van der Waals surface area (Å²) in [6.45, 7) is 2.33. The van der Waals surface area contributed by atoms with Crippen LogP contribution >= 0.6 is 11.6 Å². The van der Waals surface area contributed by atoms with Crippen LogP contribution in [-0.4, -0.2) is 31.4 Å². The first-order valence-electron chi connectivity index (χ1n) is 7.41. The van der Waals surface area contributed by atoms with Gasteiger partial charge >= 0.3 is 0 Å². The number of anilines is 1. The molecule has 0 atom stereocenters. The van der Waals surface area contributed by atoms with Crippen LogP contribution < -0.4 is 4.72 Å². The summed E-state index contributed by atoms with van der Waals surface area (Å²) in [5.41, 5.74) is 0.451. The summed E-state index contributed by atoms with van der Waals surface area (Å²) < 4.78 is 34.3. The van der Waals surface area contributed by atoms with Crippen molar-refractivity contribution in [3.63, 3.8) is 0 Å². The minimum atomic E-state index is -3.63. The van der Waals surface area contributed by atoms with Crippen LogP contribution in [0.5, 0.6) is 0 Å². The quantitative estimate of drug-likeness (QED) is 0.895. The van der Waals surface area contributed by atoms with E-state index in [1.165, 1.54) is 18.3 Å². The molecule has 0 bridgehead atoms. The van der Waals surface area contributed by atoms with Crippen molar-refractivity contribution in [2.45, 2.75) is 24.3 Å². The second-order valence-corrected chi connectivity index (χ2v) is 7.69. The average molecular weight is 356 g/mol. The van der Waals surface area contributed by atoms with Gasteiger partial charge in [0, 0.05) is 31.0 Å². The number of sulfonamides is 1. The normalized spacial score (nSPS) is 16.4. The Bertz CT molecular complexity index is 753. The van der Waals surface area contributed by atoms with Crippen molar-refractivity contribution in [1.82, 2.24) is 9.78 Å². The predicted octanol–water partition coefficient (Wildman–Crippen LogP) is 2.76. The van der Waals surface area contributed by atoms with Gasteiger partial charge in [-0.25, -0.2) is 8.42 Å². The Morgan fingerprint density at radius 1 is 1.26 bits per heavy atom. The minimum Gasteiger partial charge on any atom is -0.381 e. The summed E-state index contributed by atoms with van der Waals surface area (Å²) in [6, 6.07) is 6.03. The standard InChI is InChI=1S/C15H18ClN3O3S/c16-13-1-3-15(4-2-13)23(20,21)18-14-9-17-19(11-14)10-12-5-7-22-8-6-12/h1-4,9,11-12,18H,5-8,10H2. The first-order chi connectivity index (χ1) is 11.0. The van der Waals surface area contributed by atoms with Crippen molar-refractivity contribution in [1.29, 1.82) is 0 Å². The zero-order chi connectivity index (χ0) is 16.3. The molecule has 0 radical (unpaired) electrons. The third-order valence-electron chi connectivity index (χ3n) is 3.80. The molecule has 1 aliphatic rings. The molecule has 0 spiro atoms. The summed E-state index contributed by atoms with van der Waals surface area (Å²) in [7, 11) is -3.63.